The molecule has 2 fully saturated rings. The normalized spacial score (nSPS) is 29.3. The quantitative estimate of drug-likeness (QED) is 0.738. The van der Waals surface area contributed by atoms with Crippen LogP contribution in [0.4, 0.5) is 0 Å². The summed E-state index contributed by atoms with van der Waals surface area (Å²) < 4.78 is 10.6. The fourth-order valence-electron chi connectivity index (χ4n) is 2.69. The van der Waals surface area contributed by atoms with Gasteiger partial charge < -0.3 is 20.1 Å². The first kappa shape index (κ1) is 20.9. The summed E-state index contributed by atoms with van der Waals surface area (Å²) in [4.78, 5) is 14.5. The van der Waals surface area contributed by atoms with Gasteiger partial charge >= 0.3 is 0 Å². The summed E-state index contributed by atoms with van der Waals surface area (Å²) in [5, 5.41) is 6.34. The monoisotopic (exact) mass is 343 g/mol. The molecule has 2 aliphatic rings. The zero-order valence-corrected chi connectivity index (χ0v) is 14.3. The van der Waals surface area contributed by atoms with Crippen molar-refractivity contribution >= 4 is 30.7 Å². The fraction of sp³-hybridized carbons (Fsp3) is 0.923. The maximum absolute atomic E-state index is 12.2. The summed E-state index contributed by atoms with van der Waals surface area (Å²) in [6, 6.07) is 0.0297. The van der Waals surface area contributed by atoms with Crippen LogP contribution in [0, 0.1) is 0 Å². The number of methoxy groups -OCH3 is 1. The largest absolute Gasteiger partial charge is 0.383 e. The molecule has 6 nitrogen and oxygen atoms in total. The van der Waals surface area contributed by atoms with E-state index in [0.29, 0.717) is 6.61 Å². The molecule has 2 rings (SSSR count). The third kappa shape index (κ3) is 6.26. The molecule has 2 saturated heterocycles. The summed E-state index contributed by atoms with van der Waals surface area (Å²) in [6.07, 6.45) is 0.956. The number of nitrogens with one attached hydrogen (secondary N) is 2. The van der Waals surface area contributed by atoms with Crippen LogP contribution < -0.4 is 10.6 Å². The van der Waals surface area contributed by atoms with E-state index in [2.05, 4.69) is 15.5 Å². The van der Waals surface area contributed by atoms with Crippen molar-refractivity contribution in [2.75, 3.05) is 46.5 Å². The molecule has 2 heterocycles. The van der Waals surface area contributed by atoms with Crippen molar-refractivity contribution in [2.45, 2.75) is 31.5 Å². The van der Waals surface area contributed by atoms with Crippen LogP contribution in [0.1, 0.15) is 13.3 Å². The number of halogens is 2. The van der Waals surface area contributed by atoms with Crippen molar-refractivity contribution in [2.24, 2.45) is 0 Å². The van der Waals surface area contributed by atoms with Gasteiger partial charge in [-0.15, -0.1) is 24.8 Å². The van der Waals surface area contributed by atoms with Gasteiger partial charge in [-0.05, 0) is 13.3 Å². The van der Waals surface area contributed by atoms with E-state index in [0.717, 1.165) is 39.2 Å². The average Bonchev–Trinajstić information content (AvgIpc) is 2.84. The van der Waals surface area contributed by atoms with E-state index in [1.165, 1.54) is 0 Å². The van der Waals surface area contributed by atoms with Gasteiger partial charge in [0.25, 0.3) is 0 Å². The van der Waals surface area contributed by atoms with Crippen molar-refractivity contribution < 1.29 is 14.3 Å². The second-order valence-electron chi connectivity index (χ2n) is 5.30. The van der Waals surface area contributed by atoms with Gasteiger partial charge in [0.05, 0.1) is 19.3 Å². The fourth-order valence-corrected chi connectivity index (χ4v) is 2.69. The molecule has 8 heteroatoms. The maximum Gasteiger partial charge on any atom is 0.240 e. The summed E-state index contributed by atoms with van der Waals surface area (Å²) in [7, 11) is 1.71. The molecule has 126 valence electrons. The number of morpholine rings is 1. The minimum atomic E-state index is -0.221. The van der Waals surface area contributed by atoms with Crippen molar-refractivity contribution in [3.63, 3.8) is 0 Å². The second kappa shape index (κ2) is 10.6. The van der Waals surface area contributed by atoms with Crippen LogP contribution in [-0.4, -0.2) is 75.5 Å². The van der Waals surface area contributed by atoms with E-state index in [1.54, 1.807) is 7.11 Å². The molecule has 2 N–H and O–H groups in total. The number of carbonyl (C=O) groups is 1. The summed E-state index contributed by atoms with van der Waals surface area (Å²) in [5.74, 6) is 0.0609. The highest BCUT2D eigenvalue weighted by Crippen LogP contribution is 2.10. The molecule has 1 amide bonds. The number of likely N-dealkylation sites (tertiary alicyclic amines) is 1. The molecular formula is C13H27Cl2N3O3. The van der Waals surface area contributed by atoms with Gasteiger partial charge in [0.15, 0.2) is 0 Å². The van der Waals surface area contributed by atoms with Crippen LogP contribution in [0.25, 0.3) is 0 Å². The van der Waals surface area contributed by atoms with E-state index >= 15 is 0 Å². The van der Waals surface area contributed by atoms with Crippen LogP contribution in [-0.2, 0) is 14.3 Å². The zero-order chi connectivity index (χ0) is 13.7. The Balaban J connectivity index is 0.00000200. The summed E-state index contributed by atoms with van der Waals surface area (Å²) in [5.41, 5.74) is 0. The van der Waals surface area contributed by atoms with Crippen molar-refractivity contribution in [3.05, 3.63) is 0 Å². The molecule has 0 aromatic heterocycles. The van der Waals surface area contributed by atoms with Crippen LogP contribution in [0.2, 0.25) is 0 Å². The maximum atomic E-state index is 12.2. The lowest BCUT2D eigenvalue weighted by molar-refractivity contribution is -0.129. The Morgan fingerprint density at radius 2 is 2.24 bits per heavy atom. The van der Waals surface area contributed by atoms with E-state index in [1.807, 2.05) is 6.92 Å². The topological polar surface area (TPSA) is 62.8 Å². The third-order valence-electron chi connectivity index (χ3n) is 3.83. The van der Waals surface area contributed by atoms with E-state index < -0.39 is 0 Å². The van der Waals surface area contributed by atoms with Gasteiger partial charge in [-0.1, -0.05) is 0 Å². The Morgan fingerprint density at radius 3 is 2.90 bits per heavy atom. The van der Waals surface area contributed by atoms with Crippen molar-refractivity contribution in [1.29, 1.82) is 0 Å². The Hall–Kier alpha value is -0.110. The minimum Gasteiger partial charge on any atom is -0.383 e. The lowest BCUT2D eigenvalue weighted by atomic mass is 10.1. The first-order chi connectivity index (χ1) is 9.20. The number of ether oxygens (including phenoxy) is 2. The first-order valence-corrected chi connectivity index (χ1v) is 7.07. The highest BCUT2D eigenvalue weighted by molar-refractivity contribution is 5.85. The minimum absolute atomic E-state index is 0. The number of nitrogens with zero attached hydrogens (tertiary/aromatic N) is 1. The Kier molecular flexibility index (Phi) is 10.5. The molecule has 0 aromatic carbocycles. The standard InChI is InChI=1S/C13H25N3O3.2ClH/c1-10-12(14-4-7-19-10)13(17)15-11-3-5-16(9-11)6-8-18-2;;/h10-12,14H,3-9H2,1-2H3,(H,15,17);2*1H/t10-,11?,12+;;/m1../s1. The van der Waals surface area contributed by atoms with Gasteiger partial charge in [-0.2, -0.15) is 0 Å². The highest BCUT2D eigenvalue weighted by atomic mass is 35.5. The molecule has 2 aliphatic heterocycles. The molecule has 0 saturated carbocycles. The van der Waals surface area contributed by atoms with E-state index in [4.69, 9.17) is 9.47 Å². The Morgan fingerprint density at radius 1 is 1.48 bits per heavy atom. The van der Waals surface area contributed by atoms with Crippen molar-refractivity contribution in [3.8, 4) is 0 Å². The molecular weight excluding hydrogens is 317 g/mol. The smallest absolute Gasteiger partial charge is 0.240 e. The van der Waals surface area contributed by atoms with E-state index in [-0.39, 0.29) is 48.9 Å². The SMILES string of the molecule is COCCN1CCC(NC(=O)[C@H]2NCCO[C@@H]2C)C1.Cl.Cl. The molecule has 3 atom stereocenters. The predicted octanol–water partition coefficient (Wildman–Crippen LogP) is 0.0438. The van der Waals surface area contributed by atoms with E-state index in [9.17, 15) is 4.79 Å². The number of hydrogen-bond donors (Lipinski definition) is 2. The van der Waals surface area contributed by atoms with Gasteiger partial charge in [0.1, 0.15) is 6.04 Å². The van der Waals surface area contributed by atoms with Crippen LogP contribution in [0.15, 0.2) is 0 Å². The lowest BCUT2D eigenvalue weighted by Gasteiger charge is -2.30. The number of hydrogen-bond acceptors (Lipinski definition) is 5. The number of amides is 1. The zero-order valence-electron chi connectivity index (χ0n) is 12.7. The Bertz CT molecular complexity index is 310. The third-order valence-corrected chi connectivity index (χ3v) is 3.83. The van der Waals surface area contributed by atoms with Gasteiger partial charge in [0.2, 0.25) is 5.91 Å². The summed E-state index contributed by atoms with van der Waals surface area (Å²) in [6.45, 7) is 6.98. The van der Waals surface area contributed by atoms with Crippen molar-refractivity contribution in [1.82, 2.24) is 15.5 Å². The first-order valence-electron chi connectivity index (χ1n) is 7.07. The molecule has 0 radical (unpaired) electrons. The molecule has 0 aromatic rings. The number of rotatable bonds is 5. The van der Waals surface area contributed by atoms with Crippen LogP contribution in [0.3, 0.4) is 0 Å². The summed E-state index contributed by atoms with van der Waals surface area (Å²) >= 11 is 0. The van der Waals surface area contributed by atoms with Gasteiger partial charge in [-0.25, -0.2) is 0 Å². The molecule has 21 heavy (non-hydrogen) atoms. The molecule has 1 unspecified atom stereocenters. The molecule has 0 bridgehead atoms. The Labute approximate surface area is 139 Å². The van der Waals surface area contributed by atoms with Crippen LogP contribution in [0.5, 0.6) is 0 Å². The second-order valence-corrected chi connectivity index (χ2v) is 5.30. The van der Waals surface area contributed by atoms with Gasteiger partial charge in [0, 0.05) is 39.3 Å². The molecule has 0 spiro atoms. The lowest BCUT2D eigenvalue weighted by Crippen LogP contribution is -2.57. The van der Waals surface area contributed by atoms with Gasteiger partial charge in [-0.3, -0.25) is 9.69 Å². The highest BCUT2D eigenvalue weighted by Gasteiger charge is 2.31. The molecule has 0 aliphatic carbocycles. The van der Waals surface area contributed by atoms with Crippen LogP contribution >= 0.6 is 24.8 Å². The average molecular weight is 344 g/mol. The number of carbonyl (C=O) groups excluding carboxylic acids is 1. The predicted molar refractivity (Wildman–Crippen MR) is 86.6 cm³/mol.